The van der Waals surface area contributed by atoms with Gasteiger partial charge in [-0.2, -0.15) is 4.98 Å². The van der Waals surface area contributed by atoms with Crippen LogP contribution in [-0.2, 0) is 6.61 Å². The lowest BCUT2D eigenvalue weighted by molar-refractivity contribution is 0.252. The molecule has 7 nitrogen and oxygen atoms in total. The molecule has 0 saturated carbocycles. The summed E-state index contributed by atoms with van der Waals surface area (Å²) in [7, 11) is 0. The van der Waals surface area contributed by atoms with E-state index in [1.165, 1.54) is 12.4 Å². The van der Waals surface area contributed by atoms with Gasteiger partial charge < -0.3 is 10.1 Å². The van der Waals surface area contributed by atoms with Crippen molar-refractivity contribution in [3.63, 3.8) is 0 Å². The highest BCUT2D eigenvalue weighted by Gasteiger charge is 2.09. The fourth-order valence-electron chi connectivity index (χ4n) is 1.71. The molecular formula is C13H14ClN5O2. The Morgan fingerprint density at radius 3 is 2.95 bits per heavy atom. The summed E-state index contributed by atoms with van der Waals surface area (Å²) in [6.07, 6.45) is 2.88. The zero-order valence-electron chi connectivity index (χ0n) is 11.3. The second-order valence-electron chi connectivity index (χ2n) is 4.17. The van der Waals surface area contributed by atoms with Crippen LogP contribution in [0.2, 0.25) is 5.15 Å². The van der Waals surface area contributed by atoms with Gasteiger partial charge in [-0.05, 0) is 18.6 Å². The highest BCUT2D eigenvalue weighted by atomic mass is 35.5. The first-order chi connectivity index (χ1) is 10.1. The molecule has 0 spiro atoms. The Morgan fingerprint density at radius 1 is 1.43 bits per heavy atom. The van der Waals surface area contributed by atoms with Crippen molar-refractivity contribution in [3.8, 4) is 5.88 Å². The number of ether oxygens (including phenoxy) is 1. The van der Waals surface area contributed by atoms with Gasteiger partial charge in [0.1, 0.15) is 6.61 Å². The maximum Gasteiger partial charge on any atom is 0.333 e. The van der Waals surface area contributed by atoms with Crippen molar-refractivity contribution in [2.45, 2.75) is 13.5 Å². The smallest absolute Gasteiger partial charge is 0.333 e. The molecule has 0 unspecified atom stereocenters. The number of aromatic nitrogens is 2. The summed E-state index contributed by atoms with van der Waals surface area (Å²) >= 11 is 5.74. The van der Waals surface area contributed by atoms with Gasteiger partial charge in [0, 0.05) is 11.3 Å². The summed E-state index contributed by atoms with van der Waals surface area (Å²) in [6, 6.07) is 4.98. The number of aryl methyl sites for hydroxylation is 1. The van der Waals surface area contributed by atoms with E-state index in [0.29, 0.717) is 11.6 Å². The molecule has 2 amide bonds. The molecule has 0 radical (unpaired) electrons. The minimum atomic E-state index is -0.510. The molecule has 8 heteroatoms. The molecule has 2 rings (SSSR count). The van der Waals surface area contributed by atoms with Gasteiger partial charge in [-0.15, -0.1) is 0 Å². The predicted octanol–water partition coefficient (Wildman–Crippen LogP) is 2.01. The number of halogens is 1. The maximum atomic E-state index is 11.3. The van der Waals surface area contributed by atoms with Gasteiger partial charge in [-0.25, -0.2) is 10.6 Å². The molecule has 21 heavy (non-hydrogen) atoms. The molecule has 0 fully saturated rings. The first kappa shape index (κ1) is 15.0. The Hall–Kier alpha value is -2.38. The third-order valence-electron chi connectivity index (χ3n) is 2.74. The second-order valence-corrected chi connectivity index (χ2v) is 4.56. The summed E-state index contributed by atoms with van der Waals surface area (Å²) in [5, 5.41) is 2.88. The van der Waals surface area contributed by atoms with Gasteiger partial charge in [0.2, 0.25) is 5.88 Å². The Balaban J connectivity index is 2.16. The minimum Gasteiger partial charge on any atom is -0.472 e. The molecule has 4 N–H and O–H groups in total. The second kappa shape index (κ2) is 6.87. The lowest BCUT2D eigenvalue weighted by Crippen LogP contribution is -2.34. The first-order valence-electron chi connectivity index (χ1n) is 6.06. The van der Waals surface area contributed by atoms with Crippen molar-refractivity contribution in [1.29, 1.82) is 0 Å². The van der Waals surface area contributed by atoms with Crippen LogP contribution in [0.15, 0.2) is 30.6 Å². The average molecular weight is 308 g/mol. The van der Waals surface area contributed by atoms with Crippen molar-refractivity contribution in [1.82, 2.24) is 15.4 Å². The quantitative estimate of drug-likeness (QED) is 0.455. The van der Waals surface area contributed by atoms with Crippen LogP contribution < -0.4 is 21.3 Å². The number of hydrogen-bond donors (Lipinski definition) is 3. The molecule has 0 aliphatic heterocycles. The number of carbonyl (C=O) groups is 1. The highest BCUT2D eigenvalue weighted by molar-refractivity contribution is 6.29. The molecule has 0 bridgehead atoms. The van der Waals surface area contributed by atoms with E-state index in [1.807, 2.05) is 24.5 Å². The van der Waals surface area contributed by atoms with E-state index < -0.39 is 6.03 Å². The Bertz CT molecular complexity index is 650. The van der Waals surface area contributed by atoms with Crippen molar-refractivity contribution in [2.75, 3.05) is 5.32 Å². The van der Waals surface area contributed by atoms with Crippen molar-refractivity contribution in [2.24, 2.45) is 5.84 Å². The maximum absolute atomic E-state index is 11.3. The lowest BCUT2D eigenvalue weighted by atomic mass is 10.1. The SMILES string of the molecule is Cc1cccc(NC(=O)NN)c1COc1cncc(Cl)n1. The molecule has 1 aromatic carbocycles. The van der Waals surface area contributed by atoms with Gasteiger partial charge in [0.05, 0.1) is 12.4 Å². The number of rotatable bonds is 4. The number of benzene rings is 1. The Morgan fingerprint density at radius 2 is 2.24 bits per heavy atom. The summed E-state index contributed by atoms with van der Waals surface area (Å²) in [4.78, 5) is 19.2. The van der Waals surface area contributed by atoms with E-state index in [9.17, 15) is 4.79 Å². The molecule has 0 aliphatic rings. The van der Waals surface area contributed by atoms with Crippen LogP contribution in [0.25, 0.3) is 0 Å². The van der Waals surface area contributed by atoms with E-state index in [1.54, 1.807) is 6.07 Å². The third-order valence-corrected chi connectivity index (χ3v) is 2.92. The molecule has 0 aliphatic carbocycles. The summed E-state index contributed by atoms with van der Waals surface area (Å²) < 4.78 is 5.55. The highest BCUT2D eigenvalue weighted by Crippen LogP contribution is 2.21. The fourth-order valence-corrected chi connectivity index (χ4v) is 1.85. The summed E-state index contributed by atoms with van der Waals surface area (Å²) in [5.41, 5.74) is 4.38. The van der Waals surface area contributed by atoms with Crippen molar-refractivity contribution < 1.29 is 9.53 Å². The molecule has 2 aromatic rings. The van der Waals surface area contributed by atoms with Crippen LogP contribution in [0.4, 0.5) is 10.5 Å². The molecule has 0 atom stereocenters. The van der Waals surface area contributed by atoms with Gasteiger partial charge in [0.25, 0.3) is 0 Å². The number of amides is 2. The number of nitrogens with zero attached hydrogens (tertiary/aromatic N) is 2. The largest absolute Gasteiger partial charge is 0.472 e. The number of anilines is 1. The molecule has 1 aromatic heterocycles. The van der Waals surface area contributed by atoms with Gasteiger partial charge >= 0.3 is 6.03 Å². The van der Waals surface area contributed by atoms with Crippen LogP contribution in [0, 0.1) is 6.92 Å². The zero-order chi connectivity index (χ0) is 15.2. The minimum absolute atomic E-state index is 0.210. The lowest BCUT2D eigenvalue weighted by Gasteiger charge is -2.14. The monoisotopic (exact) mass is 307 g/mol. The molecule has 110 valence electrons. The van der Waals surface area contributed by atoms with Crippen LogP contribution in [0.5, 0.6) is 5.88 Å². The number of hydrogen-bond acceptors (Lipinski definition) is 5. The zero-order valence-corrected chi connectivity index (χ0v) is 12.0. The Labute approximate surface area is 126 Å². The predicted molar refractivity (Wildman–Crippen MR) is 78.9 cm³/mol. The van der Waals surface area contributed by atoms with Crippen molar-refractivity contribution >= 4 is 23.3 Å². The van der Waals surface area contributed by atoms with E-state index >= 15 is 0 Å². The van der Waals surface area contributed by atoms with E-state index in [-0.39, 0.29) is 11.8 Å². The normalized spacial score (nSPS) is 10.0. The fraction of sp³-hybridized carbons (Fsp3) is 0.154. The summed E-state index contributed by atoms with van der Waals surface area (Å²) in [5.74, 6) is 5.37. The third kappa shape index (κ3) is 4.04. The topological polar surface area (TPSA) is 102 Å². The standard InChI is InChI=1S/C13H14ClN5O2/c1-8-3-2-4-10(17-13(20)19-15)9(8)7-21-12-6-16-5-11(14)18-12/h2-6H,7,15H2,1H3,(H2,17,19,20). The average Bonchev–Trinajstić information content (AvgIpc) is 2.46. The van der Waals surface area contributed by atoms with Crippen LogP contribution in [0.3, 0.4) is 0 Å². The van der Waals surface area contributed by atoms with E-state index in [2.05, 4.69) is 15.3 Å². The van der Waals surface area contributed by atoms with Gasteiger partial charge in [-0.1, -0.05) is 23.7 Å². The summed E-state index contributed by atoms with van der Waals surface area (Å²) in [6.45, 7) is 2.12. The number of carbonyl (C=O) groups excluding carboxylic acids is 1. The van der Waals surface area contributed by atoms with E-state index in [4.69, 9.17) is 22.2 Å². The Kier molecular flexibility index (Phi) is 4.91. The molecular weight excluding hydrogens is 294 g/mol. The van der Waals surface area contributed by atoms with Gasteiger partial charge in [0.15, 0.2) is 5.15 Å². The van der Waals surface area contributed by atoms with Crippen LogP contribution >= 0.6 is 11.6 Å². The van der Waals surface area contributed by atoms with E-state index in [0.717, 1.165) is 11.1 Å². The number of urea groups is 1. The van der Waals surface area contributed by atoms with Crippen molar-refractivity contribution in [3.05, 3.63) is 46.9 Å². The van der Waals surface area contributed by atoms with Crippen LogP contribution in [0.1, 0.15) is 11.1 Å². The number of nitrogens with one attached hydrogen (secondary N) is 2. The number of hydrazine groups is 1. The van der Waals surface area contributed by atoms with Crippen LogP contribution in [-0.4, -0.2) is 16.0 Å². The molecule has 0 saturated heterocycles. The molecule has 1 heterocycles. The number of nitrogens with two attached hydrogens (primary N) is 1. The van der Waals surface area contributed by atoms with Gasteiger partial charge in [-0.3, -0.25) is 10.4 Å². The first-order valence-corrected chi connectivity index (χ1v) is 6.44.